The number of hydrogen-bond donors (Lipinski definition) is 1. The Hall–Kier alpha value is -0.980. The highest BCUT2D eigenvalue weighted by molar-refractivity contribution is 9.10. The lowest BCUT2D eigenvalue weighted by atomic mass is 9.90. The SMILES string of the molecule is CC(C)(C)OC(=O)COC1(c2ccc(Br)cn2)CCCNC1. The first-order chi connectivity index (χ1) is 10.3. The summed E-state index contributed by atoms with van der Waals surface area (Å²) < 4.78 is 12.2. The summed E-state index contributed by atoms with van der Waals surface area (Å²) in [6.07, 6.45) is 3.56. The van der Waals surface area contributed by atoms with E-state index >= 15 is 0 Å². The number of hydrogen-bond acceptors (Lipinski definition) is 5. The number of esters is 1. The van der Waals surface area contributed by atoms with E-state index in [0.717, 1.165) is 29.6 Å². The highest BCUT2D eigenvalue weighted by Crippen LogP contribution is 2.32. The molecule has 1 N–H and O–H groups in total. The van der Waals surface area contributed by atoms with E-state index in [1.54, 1.807) is 6.20 Å². The molecule has 1 atom stereocenters. The highest BCUT2D eigenvalue weighted by atomic mass is 79.9. The molecule has 1 aliphatic heterocycles. The average molecular weight is 371 g/mol. The Morgan fingerprint density at radius 2 is 2.23 bits per heavy atom. The Morgan fingerprint density at radius 1 is 1.45 bits per heavy atom. The Bertz CT molecular complexity index is 505. The second-order valence-electron chi connectivity index (χ2n) is 6.51. The molecule has 2 heterocycles. The molecule has 0 saturated carbocycles. The van der Waals surface area contributed by atoms with Gasteiger partial charge in [-0.3, -0.25) is 4.98 Å². The second-order valence-corrected chi connectivity index (χ2v) is 7.43. The minimum Gasteiger partial charge on any atom is -0.458 e. The van der Waals surface area contributed by atoms with Crippen LogP contribution in [0.1, 0.15) is 39.3 Å². The average Bonchev–Trinajstić information content (AvgIpc) is 2.45. The van der Waals surface area contributed by atoms with E-state index in [2.05, 4.69) is 26.2 Å². The lowest BCUT2D eigenvalue weighted by Gasteiger charge is -2.37. The fourth-order valence-corrected chi connectivity index (χ4v) is 2.74. The Labute approximate surface area is 139 Å². The molecule has 22 heavy (non-hydrogen) atoms. The van der Waals surface area contributed by atoms with Gasteiger partial charge in [-0.2, -0.15) is 0 Å². The first-order valence-corrected chi connectivity index (χ1v) is 8.29. The zero-order chi connectivity index (χ0) is 16.2. The minimum atomic E-state index is -0.574. The third-order valence-electron chi connectivity index (χ3n) is 3.43. The number of halogens is 1. The van der Waals surface area contributed by atoms with Crippen LogP contribution >= 0.6 is 15.9 Å². The number of carbonyl (C=O) groups excluding carboxylic acids is 1. The third-order valence-corrected chi connectivity index (χ3v) is 3.89. The molecule has 0 aliphatic carbocycles. The van der Waals surface area contributed by atoms with Gasteiger partial charge in [-0.15, -0.1) is 0 Å². The molecular weight excluding hydrogens is 348 g/mol. The van der Waals surface area contributed by atoms with Crippen molar-refractivity contribution in [1.29, 1.82) is 0 Å². The Kier molecular flexibility index (Phi) is 5.58. The number of aromatic nitrogens is 1. The molecule has 5 nitrogen and oxygen atoms in total. The topological polar surface area (TPSA) is 60.5 Å². The van der Waals surface area contributed by atoms with E-state index in [1.807, 2.05) is 32.9 Å². The summed E-state index contributed by atoms with van der Waals surface area (Å²) >= 11 is 3.39. The molecule has 122 valence electrons. The van der Waals surface area contributed by atoms with Crippen LogP contribution in [0.2, 0.25) is 0 Å². The fraction of sp³-hybridized carbons (Fsp3) is 0.625. The van der Waals surface area contributed by atoms with E-state index in [0.29, 0.717) is 6.54 Å². The van der Waals surface area contributed by atoms with Gasteiger partial charge in [0.05, 0.1) is 5.69 Å². The first-order valence-electron chi connectivity index (χ1n) is 7.49. The first kappa shape index (κ1) is 17.4. The molecule has 0 amide bonds. The largest absolute Gasteiger partial charge is 0.458 e. The van der Waals surface area contributed by atoms with E-state index in [9.17, 15) is 4.79 Å². The standard InChI is InChI=1S/C16H23BrN2O3/c1-15(2,3)22-14(20)10-21-16(7-4-8-18-11-16)13-6-5-12(17)9-19-13/h5-6,9,18H,4,7-8,10-11H2,1-3H3. The summed E-state index contributed by atoms with van der Waals surface area (Å²) in [6.45, 7) is 7.06. The highest BCUT2D eigenvalue weighted by Gasteiger charge is 2.37. The zero-order valence-electron chi connectivity index (χ0n) is 13.3. The summed E-state index contributed by atoms with van der Waals surface area (Å²) in [5, 5.41) is 3.33. The van der Waals surface area contributed by atoms with Gasteiger partial charge in [-0.1, -0.05) is 0 Å². The molecule has 0 bridgehead atoms. The number of pyridine rings is 1. The molecule has 1 fully saturated rings. The monoisotopic (exact) mass is 370 g/mol. The van der Waals surface area contributed by atoms with Crippen LogP contribution in [0.25, 0.3) is 0 Å². The molecule has 2 rings (SSSR count). The van der Waals surface area contributed by atoms with Crippen molar-refractivity contribution in [3.8, 4) is 0 Å². The van der Waals surface area contributed by atoms with E-state index in [-0.39, 0.29) is 12.6 Å². The van der Waals surface area contributed by atoms with Crippen molar-refractivity contribution in [2.24, 2.45) is 0 Å². The molecule has 6 heteroatoms. The van der Waals surface area contributed by atoms with Gasteiger partial charge < -0.3 is 14.8 Å². The van der Waals surface area contributed by atoms with Crippen molar-refractivity contribution in [1.82, 2.24) is 10.3 Å². The molecule has 0 radical (unpaired) electrons. The summed E-state index contributed by atoms with van der Waals surface area (Å²) in [5.74, 6) is -0.352. The smallest absolute Gasteiger partial charge is 0.332 e. The van der Waals surface area contributed by atoms with Gasteiger partial charge in [0.2, 0.25) is 0 Å². The molecule has 0 spiro atoms. The van der Waals surface area contributed by atoms with Gasteiger partial charge in [0, 0.05) is 17.2 Å². The lowest BCUT2D eigenvalue weighted by molar-refractivity contribution is -0.169. The van der Waals surface area contributed by atoms with Crippen molar-refractivity contribution in [3.63, 3.8) is 0 Å². The molecule has 1 aromatic rings. The zero-order valence-corrected chi connectivity index (χ0v) is 14.9. The number of piperidine rings is 1. The predicted molar refractivity (Wildman–Crippen MR) is 87.5 cm³/mol. The van der Waals surface area contributed by atoms with Crippen molar-refractivity contribution < 1.29 is 14.3 Å². The predicted octanol–water partition coefficient (Wildman–Crippen LogP) is 2.78. The maximum atomic E-state index is 11.9. The van der Waals surface area contributed by atoms with Crippen molar-refractivity contribution >= 4 is 21.9 Å². The molecule has 1 unspecified atom stereocenters. The summed E-state index contributed by atoms with van der Waals surface area (Å²) in [4.78, 5) is 16.4. The Balaban J connectivity index is 2.09. The normalized spacial score (nSPS) is 22.4. The lowest BCUT2D eigenvalue weighted by Crippen LogP contribution is -2.47. The number of rotatable bonds is 4. The van der Waals surface area contributed by atoms with Gasteiger partial charge in [-0.05, 0) is 68.2 Å². The van der Waals surface area contributed by atoms with Crippen LogP contribution in [-0.2, 0) is 19.9 Å². The number of ether oxygens (including phenoxy) is 2. The van der Waals surface area contributed by atoms with E-state index in [4.69, 9.17) is 9.47 Å². The van der Waals surface area contributed by atoms with Crippen molar-refractivity contribution in [2.75, 3.05) is 19.7 Å². The number of nitrogens with zero attached hydrogens (tertiary/aromatic N) is 1. The quantitative estimate of drug-likeness (QED) is 0.825. The van der Waals surface area contributed by atoms with Gasteiger partial charge in [0.1, 0.15) is 17.8 Å². The second kappa shape index (κ2) is 7.06. The molecule has 0 aromatic carbocycles. The molecule has 1 saturated heterocycles. The van der Waals surface area contributed by atoms with Crippen molar-refractivity contribution in [2.45, 2.75) is 44.8 Å². The summed E-state index contributed by atoms with van der Waals surface area (Å²) in [5.41, 5.74) is -0.240. The van der Waals surface area contributed by atoms with E-state index in [1.165, 1.54) is 0 Å². The minimum absolute atomic E-state index is 0.0727. The van der Waals surface area contributed by atoms with Gasteiger partial charge >= 0.3 is 5.97 Å². The van der Waals surface area contributed by atoms with Crippen LogP contribution in [-0.4, -0.2) is 36.3 Å². The summed E-state index contributed by atoms with van der Waals surface area (Å²) in [6, 6.07) is 3.88. The van der Waals surface area contributed by atoms with Gasteiger partial charge in [0.15, 0.2) is 0 Å². The molecule has 1 aliphatic rings. The van der Waals surface area contributed by atoms with Crippen LogP contribution in [0.3, 0.4) is 0 Å². The number of nitrogens with one attached hydrogen (secondary N) is 1. The van der Waals surface area contributed by atoms with Gasteiger partial charge in [0.25, 0.3) is 0 Å². The van der Waals surface area contributed by atoms with Crippen LogP contribution < -0.4 is 5.32 Å². The summed E-state index contributed by atoms with van der Waals surface area (Å²) in [7, 11) is 0. The Morgan fingerprint density at radius 3 is 2.77 bits per heavy atom. The van der Waals surface area contributed by atoms with E-state index < -0.39 is 11.2 Å². The van der Waals surface area contributed by atoms with Crippen LogP contribution in [0.15, 0.2) is 22.8 Å². The molecular formula is C16H23BrN2O3. The van der Waals surface area contributed by atoms with Crippen LogP contribution in [0, 0.1) is 0 Å². The van der Waals surface area contributed by atoms with Crippen LogP contribution in [0.5, 0.6) is 0 Å². The maximum Gasteiger partial charge on any atom is 0.332 e. The maximum absolute atomic E-state index is 11.9. The van der Waals surface area contributed by atoms with Gasteiger partial charge in [-0.25, -0.2) is 4.79 Å². The number of carbonyl (C=O) groups is 1. The fourth-order valence-electron chi connectivity index (χ4n) is 2.51. The molecule has 1 aromatic heterocycles. The third kappa shape index (κ3) is 4.76. The van der Waals surface area contributed by atoms with Crippen molar-refractivity contribution in [3.05, 3.63) is 28.5 Å². The van der Waals surface area contributed by atoms with Crippen LogP contribution in [0.4, 0.5) is 0 Å².